The lowest BCUT2D eigenvalue weighted by Crippen LogP contribution is -2.13. The van der Waals surface area contributed by atoms with E-state index in [4.69, 9.17) is 0 Å². The summed E-state index contributed by atoms with van der Waals surface area (Å²) in [5.41, 5.74) is 0.974. The Kier molecular flexibility index (Phi) is 4.88. The number of benzene rings is 1. The van der Waals surface area contributed by atoms with Crippen LogP contribution in [0.3, 0.4) is 0 Å². The van der Waals surface area contributed by atoms with Crippen molar-refractivity contribution < 1.29 is 13.6 Å². The molecule has 0 aliphatic rings. The Bertz CT molecular complexity index is 662. The van der Waals surface area contributed by atoms with Gasteiger partial charge in [0.2, 0.25) is 0 Å². The number of hydrogen-bond donors (Lipinski definition) is 0. The Morgan fingerprint density at radius 2 is 1.90 bits per heavy atom. The first-order valence-corrected chi connectivity index (χ1v) is 7.50. The van der Waals surface area contributed by atoms with Crippen molar-refractivity contribution in [1.82, 2.24) is 9.78 Å². The fraction of sp³-hybridized carbons (Fsp3) is 0.333. The first kappa shape index (κ1) is 15.8. The van der Waals surface area contributed by atoms with Gasteiger partial charge in [-0.05, 0) is 41.4 Å². The average molecular weight is 357 g/mol. The normalized spacial score (nSPS) is 10.9. The molecule has 0 atom stereocenters. The van der Waals surface area contributed by atoms with Crippen LogP contribution >= 0.6 is 15.9 Å². The summed E-state index contributed by atoms with van der Waals surface area (Å²) >= 11 is 3.42. The van der Waals surface area contributed by atoms with E-state index in [9.17, 15) is 13.6 Å². The molecular weight excluding hydrogens is 342 g/mol. The molecular formula is C15H15BrF2N2O. The van der Waals surface area contributed by atoms with Gasteiger partial charge in [0.15, 0.2) is 5.78 Å². The van der Waals surface area contributed by atoms with Crippen molar-refractivity contribution in [1.29, 1.82) is 0 Å². The van der Waals surface area contributed by atoms with Gasteiger partial charge in [-0.2, -0.15) is 5.10 Å². The third-order valence-corrected chi connectivity index (χ3v) is 4.18. The molecule has 0 aliphatic heterocycles. The summed E-state index contributed by atoms with van der Waals surface area (Å²) in [4.78, 5) is 12.2. The maximum Gasteiger partial charge on any atom is 0.174 e. The highest BCUT2D eigenvalue weighted by atomic mass is 79.9. The number of aryl methyl sites for hydroxylation is 2. The second-order valence-electron chi connectivity index (χ2n) is 4.57. The minimum atomic E-state index is -0.839. The summed E-state index contributed by atoms with van der Waals surface area (Å²) in [6.07, 6.45) is 0.613. The zero-order valence-corrected chi connectivity index (χ0v) is 13.4. The summed E-state index contributed by atoms with van der Waals surface area (Å²) in [7, 11) is 0. The van der Waals surface area contributed by atoms with Gasteiger partial charge in [0, 0.05) is 6.54 Å². The molecule has 1 aromatic heterocycles. The number of aromatic nitrogens is 2. The number of hydrogen-bond acceptors (Lipinski definition) is 2. The van der Waals surface area contributed by atoms with Crippen LogP contribution in [-0.2, 0) is 19.4 Å². The zero-order valence-electron chi connectivity index (χ0n) is 11.8. The van der Waals surface area contributed by atoms with Crippen molar-refractivity contribution in [2.24, 2.45) is 0 Å². The Morgan fingerprint density at radius 3 is 2.43 bits per heavy atom. The van der Waals surface area contributed by atoms with E-state index >= 15 is 0 Å². The molecule has 1 heterocycles. The highest BCUT2D eigenvalue weighted by molar-refractivity contribution is 9.10. The smallest absolute Gasteiger partial charge is 0.174 e. The van der Waals surface area contributed by atoms with Gasteiger partial charge in [-0.3, -0.25) is 9.48 Å². The number of halogens is 3. The quantitative estimate of drug-likeness (QED) is 0.760. The molecule has 0 amide bonds. The molecule has 2 rings (SSSR count). The van der Waals surface area contributed by atoms with Gasteiger partial charge in [0.25, 0.3) is 0 Å². The predicted octanol–water partition coefficient (Wildman–Crippen LogP) is 3.93. The fourth-order valence-corrected chi connectivity index (χ4v) is 2.90. The van der Waals surface area contributed by atoms with E-state index in [2.05, 4.69) is 21.0 Å². The van der Waals surface area contributed by atoms with Crippen LogP contribution in [0.25, 0.3) is 0 Å². The van der Waals surface area contributed by atoms with Crippen LogP contribution in [0, 0.1) is 11.6 Å². The van der Waals surface area contributed by atoms with E-state index in [1.54, 1.807) is 4.68 Å². The third-order valence-electron chi connectivity index (χ3n) is 3.26. The van der Waals surface area contributed by atoms with E-state index in [0.717, 1.165) is 22.3 Å². The average Bonchev–Trinajstić information content (AvgIpc) is 2.75. The molecule has 0 aliphatic carbocycles. The molecule has 21 heavy (non-hydrogen) atoms. The fourth-order valence-electron chi connectivity index (χ4n) is 2.19. The van der Waals surface area contributed by atoms with Crippen molar-refractivity contribution >= 4 is 21.7 Å². The zero-order chi connectivity index (χ0) is 15.6. The lowest BCUT2D eigenvalue weighted by Gasteiger charge is -2.07. The van der Waals surface area contributed by atoms with Crippen LogP contribution in [0.1, 0.15) is 35.6 Å². The van der Waals surface area contributed by atoms with Crippen LogP contribution in [-0.4, -0.2) is 15.6 Å². The molecule has 0 spiro atoms. The molecule has 0 fully saturated rings. The van der Waals surface area contributed by atoms with Gasteiger partial charge in [-0.15, -0.1) is 0 Å². The standard InChI is InChI=1S/C15H15BrF2N2O/c1-3-11-15(16)12(20(4-2)19-11)8-13(21)14-9(17)6-5-7-10(14)18/h5-7H,3-4,8H2,1-2H3. The number of rotatable bonds is 5. The summed E-state index contributed by atoms with van der Waals surface area (Å²) < 4.78 is 29.7. The van der Waals surface area contributed by atoms with Gasteiger partial charge in [0.1, 0.15) is 11.6 Å². The SMILES string of the molecule is CCc1nn(CC)c(CC(=O)c2c(F)cccc2F)c1Br. The van der Waals surface area contributed by atoms with E-state index in [-0.39, 0.29) is 6.42 Å². The molecule has 0 saturated carbocycles. The van der Waals surface area contributed by atoms with Crippen molar-refractivity contribution in [2.45, 2.75) is 33.2 Å². The minimum absolute atomic E-state index is 0.0979. The van der Waals surface area contributed by atoms with Crippen LogP contribution < -0.4 is 0 Å². The lowest BCUT2D eigenvalue weighted by molar-refractivity contribution is 0.0982. The largest absolute Gasteiger partial charge is 0.294 e. The molecule has 0 bridgehead atoms. The Labute approximate surface area is 130 Å². The monoisotopic (exact) mass is 356 g/mol. The Balaban J connectivity index is 2.38. The van der Waals surface area contributed by atoms with E-state index in [1.807, 2.05) is 13.8 Å². The van der Waals surface area contributed by atoms with E-state index < -0.39 is 23.0 Å². The number of ketones is 1. The number of carbonyl (C=O) groups excluding carboxylic acids is 1. The van der Waals surface area contributed by atoms with Gasteiger partial charge in [0.05, 0.1) is 27.8 Å². The molecule has 0 radical (unpaired) electrons. The maximum absolute atomic E-state index is 13.7. The van der Waals surface area contributed by atoms with Gasteiger partial charge < -0.3 is 0 Å². The topological polar surface area (TPSA) is 34.9 Å². The molecule has 0 unspecified atom stereocenters. The first-order valence-electron chi connectivity index (χ1n) is 6.70. The Morgan fingerprint density at radius 1 is 1.29 bits per heavy atom. The van der Waals surface area contributed by atoms with Crippen LogP contribution in [0.5, 0.6) is 0 Å². The molecule has 1 aromatic carbocycles. The van der Waals surface area contributed by atoms with Crippen LogP contribution in [0.15, 0.2) is 22.7 Å². The molecule has 0 saturated heterocycles. The van der Waals surface area contributed by atoms with Crippen LogP contribution in [0.2, 0.25) is 0 Å². The molecule has 2 aromatic rings. The van der Waals surface area contributed by atoms with Crippen molar-refractivity contribution in [3.63, 3.8) is 0 Å². The second-order valence-corrected chi connectivity index (χ2v) is 5.37. The van der Waals surface area contributed by atoms with Crippen molar-refractivity contribution in [2.75, 3.05) is 0 Å². The number of carbonyl (C=O) groups is 1. The lowest BCUT2D eigenvalue weighted by atomic mass is 10.0. The van der Waals surface area contributed by atoms with Crippen LogP contribution in [0.4, 0.5) is 8.78 Å². The maximum atomic E-state index is 13.7. The molecule has 0 N–H and O–H groups in total. The summed E-state index contributed by atoms with van der Waals surface area (Å²) in [6, 6.07) is 3.41. The molecule has 6 heteroatoms. The van der Waals surface area contributed by atoms with E-state index in [0.29, 0.717) is 18.7 Å². The van der Waals surface area contributed by atoms with Gasteiger partial charge in [-0.1, -0.05) is 13.0 Å². The summed E-state index contributed by atoms with van der Waals surface area (Å²) in [5.74, 6) is -2.27. The minimum Gasteiger partial charge on any atom is -0.294 e. The highest BCUT2D eigenvalue weighted by Crippen LogP contribution is 2.24. The van der Waals surface area contributed by atoms with Gasteiger partial charge in [-0.25, -0.2) is 8.78 Å². The van der Waals surface area contributed by atoms with Crippen molar-refractivity contribution in [3.8, 4) is 0 Å². The first-order chi connectivity index (χ1) is 9.99. The third kappa shape index (κ3) is 3.05. The molecule has 3 nitrogen and oxygen atoms in total. The second kappa shape index (κ2) is 6.47. The van der Waals surface area contributed by atoms with Gasteiger partial charge >= 0.3 is 0 Å². The summed E-state index contributed by atoms with van der Waals surface area (Å²) in [6.45, 7) is 4.44. The predicted molar refractivity (Wildman–Crippen MR) is 79.4 cm³/mol. The van der Waals surface area contributed by atoms with E-state index in [1.165, 1.54) is 6.07 Å². The number of Topliss-reactive ketones (excluding diaryl/α,β-unsaturated/α-hetero) is 1. The van der Waals surface area contributed by atoms with Crippen molar-refractivity contribution in [3.05, 3.63) is 51.3 Å². The Hall–Kier alpha value is -1.56. The highest BCUT2D eigenvalue weighted by Gasteiger charge is 2.22. The summed E-state index contributed by atoms with van der Waals surface area (Å²) in [5, 5.41) is 4.37. The number of nitrogens with zero attached hydrogens (tertiary/aromatic N) is 2. The molecule has 112 valence electrons.